The first-order valence-electron chi connectivity index (χ1n) is 6.19. The first-order chi connectivity index (χ1) is 9.25. The summed E-state index contributed by atoms with van der Waals surface area (Å²) in [6, 6.07) is 18.2. The first-order valence-corrected chi connectivity index (χ1v) is 7.27. The largest absolute Gasteiger partial charge is 0.342 e. The maximum atomic E-state index is 6.04. The Morgan fingerprint density at radius 1 is 0.895 bits per heavy atom. The lowest BCUT2D eigenvalue weighted by atomic mass is 10.1. The first kappa shape index (κ1) is 13.1. The summed E-state index contributed by atoms with van der Waals surface area (Å²) in [6.07, 6.45) is -0.635. The fraction of sp³-hybridized carbons (Fsp3) is 0.188. The van der Waals surface area contributed by atoms with Crippen molar-refractivity contribution in [2.75, 3.05) is 0 Å². The van der Waals surface area contributed by atoms with E-state index in [1.165, 1.54) is 3.57 Å². The van der Waals surface area contributed by atoms with Crippen molar-refractivity contribution in [1.29, 1.82) is 0 Å². The van der Waals surface area contributed by atoms with Crippen LogP contribution in [0.15, 0.2) is 54.6 Å². The van der Waals surface area contributed by atoms with Crippen molar-refractivity contribution in [3.05, 3.63) is 76.2 Å². The van der Waals surface area contributed by atoms with E-state index in [0.717, 1.165) is 11.1 Å². The molecule has 1 fully saturated rings. The molecule has 19 heavy (non-hydrogen) atoms. The molecular weight excluding hydrogens is 351 g/mol. The molecule has 1 aliphatic rings. The molecule has 0 aliphatic carbocycles. The van der Waals surface area contributed by atoms with Gasteiger partial charge in [0, 0.05) is 9.13 Å². The molecule has 1 radical (unpaired) electrons. The number of hydrogen-bond acceptors (Lipinski definition) is 2. The van der Waals surface area contributed by atoms with Gasteiger partial charge in [0.05, 0.1) is 6.10 Å². The lowest BCUT2D eigenvalue weighted by Crippen LogP contribution is -2.11. The van der Waals surface area contributed by atoms with Gasteiger partial charge in [-0.15, -0.1) is 0 Å². The predicted molar refractivity (Wildman–Crippen MR) is 82.4 cm³/mol. The van der Waals surface area contributed by atoms with Crippen LogP contribution >= 0.6 is 22.6 Å². The number of ether oxygens (including phenoxy) is 2. The molecule has 0 N–H and O–H groups in total. The van der Waals surface area contributed by atoms with Crippen molar-refractivity contribution in [3.8, 4) is 0 Å². The summed E-state index contributed by atoms with van der Waals surface area (Å²) in [7, 11) is 0. The van der Waals surface area contributed by atoms with E-state index >= 15 is 0 Å². The second-order valence-corrected chi connectivity index (χ2v) is 5.66. The SMILES string of the molecule is [CH2]C1OC(c2ccccc2)OC1c1ccccc1I. The van der Waals surface area contributed by atoms with Gasteiger partial charge in [-0.05, 0) is 41.1 Å². The third-order valence-electron chi connectivity index (χ3n) is 3.19. The highest BCUT2D eigenvalue weighted by Crippen LogP contribution is 2.40. The van der Waals surface area contributed by atoms with Gasteiger partial charge in [-0.2, -0.15) is 0 Å². The van der Waals surface area contributed by atoms with Crippen LogP contribution in [-0.2, 0) is 9.47 Å². The predicted octanol–water partition coefficient (Wildman–Crippen LogP) is 4.28. The molecule has 3 heteroatoms. The van der Waals surface area contributed by atoms with Crippen LogP contribution in [-0.4, -0.2) is 6.10 Å². The van der Waals surface area contributed by atoms with Crippen LogP contribution in [0.25, 0.3) is 0 Å². The zero-order valence-electron chi connectivity index (χ0n) is 10.3. The summed E-state index contributed by atoms with van der Waals surface area (Å²) in [5, 5.41) is 0. The van der Waals surface area contributed by atoms with Crippen LogP contribution in [0.3, 0.4) is 0 Å². The average molecular weight is 365 g/mol. The highest BCUT2D eigenvalue weighted by Gasteiger charge is 2.35. The Labute approximate surface area is 126 Å². The highest BCUT2D eigenvalue weighted by atomic mass is 127. The molecule has 2 aromatic carbocycles. The van der Waals surface area contributed by atoms with E-state index in [1.807, 2.05) is 42.5 Å². The Kier molecular flexibility index (Phi) is 3.86. The number of halogens is 1. The van der Waals surface area contributed by atoms with Crippen molar-refractivity contribution < 1.29 is 9.47 Å². The van der Waals surface area contributed by atoms with Crippen LogP contribution in [0.2, 0.25) is 0 Å². The topological polar surface area (TPSA) is 18.5 Å². The molecule has 0 aromatic heterocycles. The quantitative estimate of drug-likeness (QED) is 0.740. The summed E-state index contributed by atoms with van der Waals surface area (Å²) in [5.41, 5.74) is 2.17. The van der Waals surface area contributed by atoms with Gasteiger partial charge in [0.25, 0.3) is 0 Å². The normalized spacial score (nSPS) is 26.5. The van der Waals surface area contributed by atoms with Crippen molar-refractivity contribution >= 4 is 22.6 Å². The van der Waals surface area contributed by atoms with E-state index < -0.39 is 0 Å². The molecule has 2 aromatic rings. The number of rotatable bonds is 2. The summed E-state index contributed by atoms with van der Waals surface area (Å²) < 4.78 is 13.0. The summed E-state index contributed by atoms with van der Waals surface area (Å²) in [6.45, 7) is 4.06. The summed E-state index contributed by atoms with van der Waals surface area (Å²) in [4.78, 5) is 0. The van der Waals surface area contributed by atoms with E-state index in [4.69, 9.17) is 9.47 Å². The van der Waals surface area contributed by atoms with Gasteiger partial charge in [-0.25, -0.2) is 0 Å². The monoisotopic (exact) mass is 365 g/mol. The number of hydrogen-bond donors (Lipinski definition) is 0. The molecule has 1 aliphatic heterocycles. The minimum Gasteiger partial charge on any atom is -0.342 e. The van der Waals surface area contributed by atoms with Gasteiger partial charge in [0.1, 0.15) is 6.10 Å². The number of benzene rings is 2. The Hall–Kier alpha value is -0.910. The Morgan fingerprint density at radius 2 is 1.58 bits per heavy atom. The standard InChI is InChI=1S/C16H14IO2/c1-11-15(13-9-5-6-10-14(13)17)19-16(18-11)12-7-3-2-4-8-12/h2-11,15-16H,1H2. The average Bonchev–Trinajstić information content (AvgIpc) is 2.82. The lowest BCUT2D eigenvalue weighted by Gasteiger charge is -2.14. The van der Waals surface area contributed by atoms with Crippen LogP contribution in [0.4, 0.5) is 0 Å². The van der Waals surface area contributed by atoms with E-state index in [-0.39, 0.29) is 18.5 Å². The Balaban J connectivity index is 1.85. The molecule has 0 amide bonds. The molecule has 0 bridgehead atoms. The molecule has 3 atom stereocenters. The van der Waals surface area contributed by atoms with Crippen LogP contribution in [0.5, 0.6) is 0 Å². The van der Waals surface area contributed by atoms with Crippen molar-refractivity contribution in [3.63, 3.8) is 0 Å². The summed E-state index contributed by atoms with van der Waals surface area (Å²) in [5.74, 6) is 0. The molecule has 97 valence electrons. The fourth-order valence-electron chi connectivity index (χ4n) is 2.23. The Morgan fingerprint density at radius 3 is 2.32 bits per heavy atom. The summed E-state index contributed by atoms with van der Waals surface area (Å²) >= 11 is 2.32. The molecule has 1 saturated heterocycles. The third-order valence-corrected chi connectivity index (χ3v) is 4.17. The van der Waals surface area contributed by atoms with Crippen molar-refractivity contribution in [2.24, 2.45) is 0 Å². The third kappa shape index (κ3) is 2.68. The zero-order valence-corrected chi connectivity index (χ0v) is 12.5. The van der Waals surface area contributed by atoms with Gasteiger partial charge in [-0.1, -0.05) is 48.5 Å². The van der Waals surface area contributed by atoms with Crippen LogP contribution < -0.4 is 0 Å². The van der Waals surface area contributed by atoms with Gasteiger partial charge in [0.2, 0.25) is 0 Å². The second-order valence-electron chi connectivity index (χ2n) is 4.50. The van der Waals surface area contributed by atoms with Gasteiger partial charge in [0.15, 0.2) is 6.29 Å². The zero-order chi connectivity index (χ0) is 13.2. The highest BCUT2D eigenvalue weighted by molar-refractivity contribution is 14.1. The van der Waals surface area contributed by atoms with Crippen molar-refractivity contribution in [1.82, 2.24) is 0 Å². The van der Waals surface area contributed by atoms with E-state index in [0.29, 0.717) is 0 Å². The minimum atomic E-state index is -0.329. The van der Waals surface area contributed by atoms with E-state index in [1.54, 1.807) is 0 Å². The molecule has 1 heterocycles. The maximum Gasteiger partial charge on any atom is 0.185 e. The van der Waals surface area contributed by atoms with Gasteiger partial charge in [-0.3, -0.25) is 0 Å². The molecule has 0 saturated carbocycles. The maximum absolute atomic E-state index is 6.04. The Bertz CT molecular complexity index is 556. The van der Waals surface area contributed by atoms with Crippen LogP contribution in [0.1, 0.15) is 23.5 Å². The van der Waals surface area contributed by atoms with Crippen molar-refractivity contribution in [2.45, 2.75) is 18.5 Å². The van der Waals surface area contributed by atoms with E-state index in [2.05, 4.69) is 41.6 Å². The van der Waals surface area contributed by atoms with Crippen LogP contribution in [0, 0.1) is 10.5 Å². The smallest absolute Gasteiger partial charge is 0.185 e. The molecule has 3 unspecified atom stereocenters. The second kappa shape index (κ2) is 5.61. The van der Waals surface area contributed by atoms with E-state index in [9.17, 15) is 0 Å². The lowest BCUT2D eigenvalue weighted by molar-refractivity contribution is -0.0658. The van der Waals surface area contributed by atoms with Gasteiger partial charge < -0.3 is 9.47 Å². The minimum absolute atomic E-state index is 0.113. The fourth-order valence-corrected chi connectivity index (χ4v) is 2.92. The molecule has 2 nitrogen and oxygen atoms in total. The molecular formula is C16H14IO2. The molecule has 3 rings (SSSR count). The molecule has 0 spiro atoms. The van der Waals surface area contributed by atoms with Gasteiger partial charge >= 0.3 is 0 Å².